The molecule has 2 N–H and O–H groups in total. The second-order valence-corrected chi connectivity index (χ2v) is 4.15. The van der Waals surface area contributed by atoms with Crippen molar-refractivity contribution in [3.63, 3.8) is 0 Å². The van der Waals surface area contributed by atoms with Crippen LogP contribution in [0.3, 0.4) is 0 Å². The maximum Gasteiger partial charge on any atom is 0.260 e. The van der Waals surface area contributed by atoms with E-state index in [9.17, 15) is 9.59 Å². The normalized spacial score (nSPS) is 10.6. The van der Waals surface area contributed by atoms with Gasteiger partial charge in [0, 0.05) is 25.9 Å². The lowest BCUT2D eigenvalue weighted by Crippen LogP contribution is -2.20. The Labute approximate surface area is 112 Å². The zero-order valence-corrected chi connectivity index (χ0v) is 11.0. The number of hydrogen-bond acceptors (Lipinski definition) is 5. The van der Waals surface area contributed by atoms with Crippen molar-refractivity contribution in [3.8, 4) is 11.3 Å². The molecule has 0 aliphatic heterocycles. The zero-order chi connectivity index (χ0) is 13.8. The maximum absolute atomic E-state index is 11.8. The summed E-state index contributed by atoms with van der Waals surface area (Å²) in [6.45, 7) is 0.835. The Kier molecular flexibility index (Phi) is 4.03. The van der Waals surface area contributed by atoms with Crippen LogP contribution in [0, 0.1) is 4.77 Å². The Hall–Kier alpha value is -2.06. The van der Waals surface area contributed by atoms with E-state index in [1.807, 2.05) is 0 Å². The molecular weight excluding hydrogens is 268 g/mol. The largest absolute Gasteiger partial charge is 0.383 e. The number of methoxy groups -OCH3 is 1. The van der Waals surface area contributed by atoms with Crippen molar-refractivity contribution in [3.05, 3.63) is 44.1 Å². The molecule has 0 amide bonds. The smallest absolute Gasteiger partial charge is 0.260 e. The third-order valence-electron chi connectivity index (χ3n) is 2.55. The summed E-state index contributed by atoms with van der Waals surface area (Å²) in [6, 6.07) is 1.32. The SMILES string of the molecule is COCCn1c(-c2cnc[nH]c2=O)cc(=O)[nH]c1=S. The highest BCUT2D eigenvalue weighted by Crippen LogP contribution is 2.12. The van der Waals surface area contributed by atoms with Gasteiger partial charge in [0.15, 0.2) is 4.77 Å². The number of rotatable bonds is 4. The number of nitrogens with one attached hydrogen (secondary N) is 2. The van der Waals surface area contributed by atoms with Crippen LogP contribution in [0.2, 0.25) is 0 Å². The molecular formula is C11H12N4O3S. The Bertz CT molecular complexity index is 746. The zero-order valence-electron chi connectivity index (χ0n) is 10.2. The van der Waals surface area contributed by atoms with E-state index < -0.39 is 0 Å². The van der Waals surface area contributed by atoms with Crippen LogP contribution in [-0.2, 0) is 11.3 Å². The molecule has 0 saturated carbocycles. The second kappa shape index (κ2) is 5.72. The van der Waals surface area contributed by atoms with Crippen LogP contribution in [0.15, 0.2) is 28.2 Å². The highest BCUT2D eigenvalue weighted by Gasteiger charge is 2.10. The van der Waals surface area contributed by atoms with Crippen molar-refractivity contribution >= 4 is 12.2 Å². The monoisotopic (exact) mass is 280 g/mol. The van der Waals surface area contributed by atoms with E-state index >= 15 is 0 Å². The molecule has 0 spiro atoms. The van der Waals surface area contributed by atoms with Crippen LogP contribution < -0.4 is 11.1 Å². The topological polar surface area (TPSA) is 92.8 Å². The van der Waals surface area contributed by atoms with E-state index in [0.717, 1.165) is 0 Å². The fourth-order valence-corrected chi connectivity index (χ4v) is 1.96. The van der Waals surface area contributed by atoms with Gasteiger partial charge in [-0.15, -0.1) is 0 Å². The summed E-state index contributed by atoms with van der Waals surface area (Å²) in [4.78, 5) is 32.1. The lowest BCUT2D eigenvalue weighted by atomic mass is 10.2. The van der Waals surface area contributed by atoms with Crippen molar-refractivity contribution in [2.24, 2.45) is 0 Å². The summed E-state index contributed by atoms with van der Waals surface area (Å²) < 4.78 is 6.86. The standard InChI is InChI=1S/C11H12N4O3S/c1-18-3-2-15-8(4-9(16)14-11(15)19)7-5-12-6-13-10(7)17/h4-6H,2-3H2,1H3,(H,12,13,17)(H,14,16,19). The Morgan fingerprint density at radius 3 is 2.95 bits per heavy atom. The van der Waals surface area contributed by atoms with Gasteiger partial charge in [0.05, 0.1) is 24.2 Å². The Morgan fingerprint density at radius 2 is 2.26 bits per heavy atom. The summed E-state index contributed by atoms with van der Waals surface area (Å²) in [5.74, 6) is 0. The first-order chi connectivity index (χ1) is 9.13. The van der Waals surface area contributed by atoms with Crippen LogP contribution in [0.1, 0.15) is 0 Å². The minimum atomic E-state index is -0.364. The molecule has 0 aliphatic rings. The summed E-state index contributed by atoms with van der Waals surface area (Å²) in [7, 11) is 1.56. The van der Waals surface area contributed by atoms with Gasteiger partial charge in [-0.1, -0.05) is 0 Å². The van der Waals surface area contributed by atoms with Crippen LogP contribution in [0.4, 0.5) is 0 Å². The van der Waals surface area contributed by atoms with E-state index in [1.165, 1.54) is 18.6 Å². The number of ether oxygens (including phenoxy) is 1. The molecule has 0 radical (unpaired) electrons. The van der Waals surface area contributed by atoms with Gasteiger partial charge in [-0.05, 0) is 12.2 Å². The molecule has 0 aromatic carbocycles. The first kappa shape index (κ1) is 13.4. The minimum absolute atomic E-state index is 0.239. The van der Waals surface area contributed by atoms with E-state index in [2.05, 4.69) is 15.0 Å². The van der Waals surface area contributed by atoms with Crippen molar-refractivity contribution in [2.75, 3.05) is 13.7 Å². The number of H-pyrrole nitrogens is 2. The van der Waals surface area contributed by atoms with Crippen LogP contribution in [0.5, 0.6) is 0 Å². The van der Waals surface area contributed by atoms with Gasteiger partial charge in [-0.3, -0.25) is 14.6 Å². The maximum atomic E-state index is 11.8. The summed E-state index contributed by atoms with van der Waals surface area (Å²) >= 11 is 5.10. The van der Waals surface area contributed by atoms with Gasteiger partial charge >= 0.3 is 0 Å². The van der Waals surface area contributed by atoms with Crippen molar-refractivity contribution in [1.29, 1.82) is 0 Å². The molecule has 19 heavy (non-hydrogen) atoms. The van der Waals surface area contributed by atoms with Crippen LogP contribution in [0.25, 0.3) is 11.3 Å². The molecule has 0 bridgehead atoms. The molecule has 0 saturated heterocycles. The number of aromatic amines is 2. The first-order valence-electron chi connectivity index (χ1n) is 5.49. The third-order valence-corrected chi connectivity index (χ3v) is 2.87. The van der Waals surface area contributed by atoms with E-state index in [4.69, 9.17) is 17.0 Å². The summed E-state index contributed by atoms with van der Waals surface area (Å²) in [5.41, 5.74) is 0.00837. The number of hydrogen-bond donors (Lipinski definition) is 2. The fourth-order valence-electron chi connectivity index (χ4n) is 1.67. The Balaban J connectivity index is 2.68. The van der Waals surface area contributed by atoms with Crippen molar-refractivity contribution in [2.45, 2.75) is 6.54 Å². The molecule has 7 nitrogen and oxygen atoms in total. The predicted molar refractivity (Wildman–Crippen MR) is 71.6 cm³/mol. The average Bonchev–Trinajstić information content (AvgIpc) is 2.37. The minimum Gasteiger partial charge on any atom is -0.383 e. The third kappa shape index (κ3) is 2.85. The lowest BCUT2D eigenvalue weighted by molar-refractivity contribution is 0.186. The van der Waals surface area contributed by atoms with Gasteiger partial charge < -0.3 is 14.3 Å². The van der Waals surface area contributed by atoms with E-state index in [-0.39, 0.29) is 21.5 Å². The molecule has 0 unspecified atom stereocenters. The number of aromatic nitrogens is 4. The average molecular weight is 280 g/mol. The summed E-state index contributed by atoms with van der Waals surface area (Å²) in [5, 5.41) is 0. The van der Waals surface area contributed by atoms with Gasteiger partial charge in [0.2, 0.25) is 0 Å². The molecule has 0 aliphatic carbocycles. The van der Waals surface area contributed by atoms with Gasteiger partial charge in [-0.25, -0.2) is 4.98 Å². The second-order valence-electron chi connectivity index (χ2n) is 3.76. The summed E-state index contributed by atoms with van der Waals surface area (Å²) in [6.07, 6.45) is 2.68. The molecule has 8 heteroatoms. The van der Waals surface area contributed by atoms with E-state index in [0.29, 0.717) is 18.8 Å². The lowest BCUT2D eigenvalue weighted by Gasteiger charge is -2.12. The molecule has 2 heterocycles. The van der Waals surface area contributed by atoms with Crippen molar-refractivity contribution < 1.29 is 4.74 Å². The molecule has 2 rings (SSSR count). The highest BCUT2D eigenvalue weighted by atomic mass is 32.1. The molecule has 2 aromatic rings. The fraction of sp³-hybridized carbons (Fsp3) is 0.273. The quantitative estimate of drug-likeness (QED) is 0.786. The van der Waals surface area contributed by atoms with Crippen LogP contribution in [-0.4, -0.2) is 33.2 Å². The Morgan fingerprint density at radius 1 is 1.47 bits per heavy atom. The molecule has 2 aromatic heterocycles. The molecule has 0 fully saturated rings. The van der Waals surface area contributed by atoms with Gasteiger partial charge in [0.1, 0.15) is 0 Å². The number of nitrogens with zero attached hydrogens (tertiary/aromatic N) is 2. The predicted octanol–water partition coefficient (Wildman–Crippen LogP) is 0.303. The van der Waals surface area contributed by atoms with Gasteiger partial charge in [-0.2, -0.15) is 0 Å². The molecule has 100 valence electrons. The highest BCUT2D eigenvalue weighted by molar-refractivity contribution is 7.71. The van der Waals surface area contributed by atoms with Gasteiger partial charge in [0.25, 0.3) is 11.1 Å². The first-order valence-corrected chi connectivity index (χ1v) is 5.90. The van der Waals surface area contributed by atoms with E-state index in [1.54, 1.807) is 11.7 Å². The van der Waals surface area contributed by atoms with Crippen molar-refractivity contribution in [1.82, 2.24) is 19.5 Å². The molecule has 0 atom stereocenters. The van der Waals surface area contributed by atoms with Crippen LogP contribution >= 0.6 is 12.2 Å².